The van der Waals surface area contributed by atoms with Crippen LogP contribution in [-0.4, -0.2) is 20.7 Å². The molecule has 1 amide bonds. The SMILES string of the molecule is O=C(NCc1nnc2n1CCC2)c1cc(F)c(Cl)cc1Cl. The molecule has 1 aromatic carbocycles. The fraction of sp³-hybridized carbons (Fsp3) is 0.308. The van der Waals surface area contributed by atoms with Gasteiger partial charge in [0.25, 0.3) is 5.91 Å². The zero-order valence-corrected chi connectivity index (χ0v) is 12.4. The smallest absolute Gasteiger partial charge is 0.253 e. The van der Waals surface area contributed by atoms with E-state index in [-0.39, 0.29) is 22.2 Å². The van der Waals surface area contributed by atoms with Crippen molar-refractivity contribution in [1.82, 2.24) is 20.1 Å². The van der Waals surface area contributed by atoms with Crippen molar-refractivity contribution in [3.8, 4) is 0 Å². The van der Waals surface area contributed by atoms with Crippen LogP contribution in [0.3, 0.4) is 0 Å². The molecule has 110 valence electrons. The van der Waals surface area contributed by atoms with E-state index in [1.54, 1.807) is 0 Å². The monoisotopic (exact) mass is 328 g/mol. The van der Waals surface area contributed by atoms with Crippen LogP contribution in [0.4, 0.5) is 4.39 Å². The number of hydrogen-bond acceptors (Lipinski definition) is 3. The van der Waals surface area contributed by atoms with E-state index < -0.39 is 11.7 Å². The molecule has 1 N–H and O–H groups in total. The number of rotatable bonds is 3. The highest BCUT2D eigenvalue weighted by Gasteiger charge is 2.19. The summed E-state index contributed by atoms with van der Waals surface area (Å²) in [5.74, 6) is 0.441. The summed E-state index contributed by atoms with van der Waals surface area (Å²) < 4.78 is 15.4. The van der Waals surface area contributed by atoms with E-state index in [0.29, 0.717) is 5.82 Å². The predicted molar refractivity (Wildman–Crippen MR) is 75.9 cm³/mol. The maximum atomic E-state index is 13.4. The van der Waals surface area contributed by atoms with Crippen molar-refractivity contribution in [1.29, 1.82) is 0 Å². The Kier molecular flexibility index (Phi) is 3.82. The highest BCUT2D eigenvalue weighted by molar-refractivity contribution is 6.36. The van der Waals surface area contributed by atoms with Crippen LogP contribution >= 0.6 is 23.2 Å². The molecule has 3 rings (SSSR count). The Hall–Kier alpha value is -1.66. The van der Waals surface area contributed by atoms with Crippen molar-refractivity contribution in [2.75, 3.05) is 0 Å². The van der Waals surface area contributed by atoms with Crippen LogP contribution in [0, 0.1) is 5.82 Å². The first-order valence-electron chi connectivity index (χ1n) is 6.40. The Labute approximate surface area is 130 Å². The number of aryl methyl sites for hydroxylation is 1. The van der Waals surface area contributed by atoms with Gasteiger partial charge in [-0.2, -0.15) is 0 Å². The van der Waals surface area contributed by atoms with Crippen LogP contribution in [0.1, 0.15) is 28.4 Å². The zero-order chi connectivity index (χ0) is 15.0. The third-order valence-corrected chi connectivity index (χ3v) is 3.95. The number of carbonyl (C=O) groups is 1. The topological polar surface area (TPSA) is 59.8 Å². The van der Waals surface area contributed by atoms with Crippen LogP contribution in [0.15, 0.2) is 12.1 Å². The van der Waals surface area contributed by atoms with Gasteiger partial charge >= 0.3 is 0 Å². The second-order valence-electron chi connectivity index (χ2n) is 4.72. The molecule has 5 nitrogen and oxygen atoms in total. The summed E-state index contributed by atoms with van der Waals surface area (Å²) >= 11 is 11.5. The summed E-state index contributed by atoms with van der Waals surface area (Å²) in [5, 5.41) is 10.7. The van der Waals surface area contributed by atoms with Crippen LogP contribution < -0.4 is 5.32 Å². The van der Waals surface area contributed by atoms with Crippen LogP contribution in [0.2, 0.25) is 10.0 Å². The number of nitrogens with one attached hydrogen (secondary N) is 1. The number of aromatic nitrogens is 3. The van der Waals surface area contributed by atoms with Crippen molar-refractivity contribution in [3.63, 3.8) is 0 Å². The Morgan fingerprint density at radius 2 is 2.14 bits per heavy atom. The number of nitrogens with zero attached hydrogens (tertiary/aromatic N) is 3. The van der Waals surface area contributed by atoms with Gasteiger partial charge in [0.15, 0.2) is 5.82 Å². The summed E-state index contributed by atoms with van der Waals surface area (Å²) in [6, 6.07) is 2.23. The van der Waals surface area contributed by atoms with E-state index in [4.69, 9.17) is 23.2 Å². The van der Waals surface area contributed by atoms with Gasteiger partial charge < -0.3 is 9.88 Å². The van der Waals surface area contributed by atoms with E-state index in [2.05, 4.69) is 15.5 Å². The van der Waals surface area contributed by atoms with Gasteiger partial charge in [0.1, 0.15) is 11.6 Å². The fourth-order valence-electron chi connectivity index (χ4n) is 2.29. The van der Waals surface area contributed by atoms with Crippen LogP contribution in [-0.2, 0) is 19.5 Å². The average Bonchev–Trinajstić information content (AvgIpc) is 3.03. The lowest BCUT2D eigenvalue weighted by atomic mass is 10.2. The van der Waals surface area contributed by atoms with E-state index in [1.807, 2.05) is 4.57 Å². The van der Waals surface area contributed by atoms with Gasteiger partial charge in [-0.25, -0.2) is 4.39 Å². The molecule has 2 heterocycles. The summed E-state index contributed by atoms with van der Waals surface area (Å²) in [6.07, 6.45) is 1.93. The predicted octanol–water partition coefficient (Wildman–Crippen LogP) is 2.60. The van der Waals surface area contributed by atoms with Crippen LogP contribution in [0.5, 0.6) is 0 Å². The van der Waals surface area contributed by atoms with E-state index in [1.165, 1.54) is 6.07 Å². The molecule has 1 aromatic heterocycles. The van der Waals surface area contributed by atoms with Crippen molar-refractivity contribution < 1.29 is 9.18 Å². The molecule has 21 heavy (non-hydrogen) atoms. The summed E-state index contributed by atoms with van der Waals surface area (Å²) in [5.41, 5.74) is 0.0414. The number of amides is 1. The van der Waals surface area contributed by atoms with Gasteiger partial charge in [-0.3, -0.25) is 4.79 Å². The Balaban J connectivity index is 1.73. The number of carbonyl (C=O) groups excluding carboxylic acids is 1. The molecule has 0 saturated heterocycles. The average molecular weight is 329 g/mol. The van der Waals surface area contributed by atoms with Crippen molar-refractivity contribution in [2.24, 2.45) is 0 Å². The van der Waals surface area contributed by atoms with Crippen molar-refractivity contribution in [3.05, 3.63) is 45.2 Å². The normalized spacial score (nSPS) is 13.3. The first-order valence-corrected chi connectivity index (χ1v) is 7.15. The number of hydrogen-bond donors (Lipinski definition) is 1. The summed E-state index contributed by atoms with van der Waals surface area (Å²) in [4.78, 5) is 12.1. The van der Waals surface area contributed by atoms with Gasteiger partial charge in [0.05, 0.1) is 22.2 Å². The van der Waals surface area contributed by atoms with E-state index in [0.717, 1.165) is 31.3 Å². The quantitative estimate of drug-likeness (QED) is 0.881. The lowest BCUT2D eigenvalue weighted by molar-refractivity contribution is 0.0949. The van der Waals surface area contributed by atoms with Gasteiger partial charge in [0.2, 0.25) is 0 Å². The molecule has 8 heteroatoms. The van der Waals surface area contributed by atoms with E-state index >= 15 is 0 Å². The Morgan fingerprint density at radius 3 is 2.95 bits per heavy atom. The molecule has 1 aliphatic heterocycles. The maximum absolute atomic E-state index is 13.4. The van der Waals surface area contributed by atoms with E-state index in [9.17, 15) is 9.18 Å². The van der Waals surface area contributed by atoms with Gasteiger partial charge in [-0.15, -0.1) is 10.2 Å². The largest absolute Gasteiger partial charge is 0.345 e. The molecular formula is C13H11Cl2FN4O. The first-order chi connectivity index (χ1) is 10.1. The molecule has 0 aliphatic carbocycles. The molecule has 0 radical (unpaired) electrons. The molecule has 0 saturated carbocycles. The number of benzene rings is 1. The minimum absolute atomic E-state index is 0.0414. The minimum atomic E-state index is -0.686. The lowest BCUT2D eigenvalue weighted by Gasteiger charge is -2.08. The minimum Gasteiger partial charge on any atom is -0.345 e. The fourth-order valence-corrected chi connectivity index (χ4v) is 2.76. The van der Waals surface area contributed by atoms with Gasteiger partial charge in [0, 0.05) is 13.0 Å². The standard InChI is InChI=1S/C13H11Cl2FN4O/c14-8-5-9(15)10(16)4-7(8)13(21)17-6-12-19-18-11-2-1-3-20(11)12/h4-5H,1-3,6H2,(H,17,21). The molecular weight excluding hydrogens is 318 g/mol. The highest BCUT2D eigenvalue weighted by Crippen LogP contribution is 2.24. The second kappa shape index (κ2) is 5.61. The molecule has 1 aliphatic rings. The Morgan fingerprint density at radius 1 is 1.33 bits per heavy atom. The zero-order valence-electron chi connectivity index (χ0n) is 10.9. The third-order valence-electron chi connectivity index (χ3n) is 3.35. The maximum Gasteiger partial charge on any atom is 0.253 e. The molecule has 0 bridgehead atoms. The van der Waals surface area contributed by atoms with Crippen molar-refractivity contribution in [2.45, 2.75) is 25.9 Å². The number of fused-ring (bicyclic) bond motifs is 1. The van der Waals surface area contributed by atoms with Gasteiger partial charge in [-0.1, -0.05) is 23.2 Å². The molecule has 0 atom stereocenters. The van der Waals surface area contributed by atoms with Crippen LogP contribution in [0.25, 0.3) is 0 Å². The summed E-state index contributed by atoms with van der Waals surface area (Å²) in [7, 11) is 0. The summed E-state index contributed by atoms with van der Waals surface area (Å²) in [6.45, 7) is 1.07. The highest BCUT2D eigenvalue weighted by atomic mass is 35.5. The lowest BCUT2D eigenvalue weighted by Crippen LogP contribution is -2.25. The van der Waals surface area contributed by atoms with Gasteiger partial charge in [-0.05, 0) is 18.6 Å². The number of halogens is 3. The first kappa shape index (κ1) is 14.3. The molecule has 0 unspecified atom stereocenters. The molecule has 0 fully saturated rings. The van der Waals surface area contributed by atoms with Crippen molar-refractivity contribution >= 4 is 29.1 Å². The second-order valence-corrected chi connectivity index (χ2v) is 5.53. The Bertz CT molecular complexity index is 716. The molecule has 0 spiro atoms. The molecule has 2 aromatic rings. The third kappa shape index (κ3) is 2.73.